The SMILES string of the molecule is c1ccc(-c2nc(-c3ccccc3)nc(-c3cccc(-c4ccc(-c5cccc6c5nc(-c5ccccc5)c5ccc7sc8ccccc8c7c56)cc4)c3)n2)cc1. The monoisotopic (exact) mass is 744 g/mol. The number of hydrogen-bond acceptors (Lipinski definition) is 5. The average molecular weight is 745 g/mol. The van der Waals surface area contributed by atoms with E-state index >= 15 is 0 Å². The predicted molar refractivity (Wildman–Crippen MR) is 238 cm³/mol. The minimum Gasteiger partial charge on any atom is -0.246 e. The topological polar surface area (TPSA) is 51.6 Å². The number of rotatable bonds is 6. The summed E-state index contributed by atoms with van der Waals surface area (Å²) in [6.45, 7) is 0. The van der Waals surface area contributed by atoms with Gasteiger partial charge in [0.15, 0.2) is 17.5 Å². The van der Waals surface area contributed by atoms with Crippen molar-refractivity contribution in [2.45, 2.75) is 0 Å². The van der Waals surface area contributed by atoms with Crippen molar-refractivity contribution in [2.24, 2.45) is 0 Å². The second-order valence-corrected chi connectivity index (χ2v) is 15.3. The van der Waals surface area contributed by atoms with E-state index in [1.165, 1.54) is 30.9 Å². The molecule has 0 fully saturated rings. The molecule has 11 rings (SSSR count). The molecule has 0 N–H and O–H groups in total. The largest absolute Gasteiger partial charge is 0.246 e. The normalized spacial score (nSPS) is 11.5. The molecule has 0 amide bonds. The molecule has 4 nitrogen and oxygen atoms in total. The quantitative estimate of drug-likeness (QED) is 0.159. The lowest BCUT2D eigenvalue weighted by molar-refractivity contribution is 1.07. The minimum absolute atomic E-state index is 0.636. The van der Waals surface area contributed by atoms with Crippen LogP contribution >= 0.6 is 11.3 Å². The summed E-state index contributed by atoms with van der Waals surface area (Å²) in [7, 11) is 0. The van der Waals surface area contributed by atoms with Gasteiger partial charge in [0, 0.05) is 64.1 Å². The molecule has 0 aliphatic carbocycles. The highest BCUT2D eigenvalue weighted by Gasteiger charge is 2.19. The van der Waals surface area contributed by atoms with Crippen LogP contribution in [-0.2, 0) is 0 Å². The lowest BCUT2D eigenvalue weighted by atomic mass is 9.93. The summed E-state index contributed by atoms with van der Waals surface area (Å²) in [5, 5.41) is 6.18. The Bertz CT molecular complexity index is 3210. The first-order valence-corrected chi connectivity index (χ1v) is 19.9. The van der Waals surface area contributed by atoms with Crippen LogP contribution in [0.25, 0.3) is 110 Å². The molecule has 0 saturated heterocycles. The van der Waals surface area contributed by atoms with E-state index in [1.807, 2.05) is 72.0 Å². The Morgan fingerprint density at radius 2 is 0.842 bits per heavy atom. The van der Waals surface area contributed by atoms with E-state index < -0.39 is 0 Å². The van der Waals surface area contributed by atoms with Crippen molar-refractivity contribution in [1.29, 1.82) is 0 Å². The van der Waals surface area contributed by atoms with Crippen molar-refractivity contribution in [3.05, 3.63) is 194 Å². The summed E-state index contributed by atoms with van der Waals surface area (Å²) in [5.41, 5.74) is 10.4. The van der Waals surface area contributed by atoms with Crippen molar-refractivity contribution >= 4 is 53.2 Å². The molecule has 3 aromatic heterocycles. The van der Waals surface area contributed by atoms with Crippen molar-refractivity contribution in [3.63, 3.8) is 0 Å². The molecule has 57 heavy (non-hydrogen) atoms. The molecular weight excluding hydrogens is 713 g/mol. The molecule has 0 spiro atoms. The maximum Gasteiger partial charge on any atom is 0.164 e. The van der Waals surface area contributed by atoms with Gasteiger partial charge in [0.2, 0.25) is 0 Å². The third-order valence-corrected chi connectivity index (χ3v) is 11.9. The Morgan fingerprint density at radius 3 is 1.54 bits per heavy atom. The molecule has 8 aromatic carbocycles. The highest BCUT2D eigenvalue weighted by molar-refractivity contribution is 7.26. The molecule has 0 bridgehead atoms. The zero-order valence-corrected chi connectivity index (χ0v) is 31.5. The van der Waals surface area contributed by atoms with Crippen LogP contribution in [0.2, 0.25) is 0 Å². The molecule has 0 aliphatic heterocycles. The van der Waals surface area contributed by atoms with Gasteiger partial charge in [-0.2, -0.15) is 0 Å². The first-order chi connectivity index (χ1) is 28.2. The van der Waals surface area contributed by atoms with Crippen LogP contribution in [0.3, 0.4) is 0 Å². The fourth-order valence-electron chi connectivity index (χ4n) is 8.00. The molecule has 266 valence electrons. The van der Waals surface area contributed by atoms with Gasteiger partial charge in [-0.1, -0.05) is 176 Å². The molecular formula is C52H32N4S. The molecule has 0 aliphatic rings. The standard InChI is InChI=1S/C52H32N4S/c1-4-14-35(15-5-1)48-43-30-31-45-47(41-22-10-11-25-44(41)57-45)46(43)42-24-13-23-40(49(42)53-48)34-28-26-33(27-29-34)38-20-12-21-39(32-38)52-55-50(36-16-6-2-7-17-36)54-51(56-52)37-18-8-3-9-19-37/h1-32H. The number of pyridine rings is 1. The van der Waals surface area contributed by atoms with Crippen molar-refractivity contribution < 1.29 is 0 Å². The van der Waals surface area contributed by atoms with E-state index in [9.17, 15) is 0 Å². The molecule has 0 saturated carbocycles. The maximum atomic E-state index is 5.49. The second kappa shape index (κ2) is 13.7. The van der Waals surface area contributed by atoms with Gasteiger partial charge in [-0.25, -0.2) is 19.9 Å². The minimum atomic E-state index is 0.636. The van der Waals surface area contributed by atoms with Gasteiger partial charge in [-0.3, -0.25) is 0 Å². The Kier molecular flexibility index (Phi) is 7.97. The van der Waals surface area contributed by atoms with E-state index in [-0.39, 0.29) is 0 Å². The van der Waals surface area contributed by atoms with Gasteiger partial charge in [0.25, 0.3) is 0 Å². The van der Waals surface area contributed by atoms with E-state index in [2.05, 4.69) is 133 Å². The van der Waals surface area contributed by atoms with Crippen LogP contribution in [0.5, 0.6) is 0 Å². The number of aromatic nitrogens is 4. The van der Waals surface area contributed by atoms with Crippen LogP contribution in [-0.4, -0.2) is 19.9 Å². The number of fused-ring (bicyclic) bond motifs is 7. The van der Waals surface area contributed by atoms with Gasteiger partial charge < -0.3 is 0 Å². The van der Waals surface area contributed by atoms with E-state index in [0.717, 1.165) is 61.1 Å². The summed E-state index contributed by atoms with van der Waals surface area (Å²) in [5.74, 6) is 1.93. The summed E-state index contributed by atoms with van der Waals surface area (Å²) in [6, 6.07) is 68.0. The number of thiophene rings is 1. The van der Waals surface area contributed by atoms with Crippen LogP contribution in [0, 0.1) is 0 Å². The van der Waals surface area contributed by atoms with Crippen molar-refractivity contribution in [1.82, 2.24) is 19.9 Å². The highest BCUT2D eigenvalue weighted by Crippen LogP contribution is 2.45. The predicted octanol–water partition coefficient (Wildman–Crippen LogP) is 13.9. The summed E-state index contributed by atoms with van der Waals surface area (Å²) < 4.78 is 2.59. The van der Waals surface area contributed by atoms with E-state index in [1.54, 1.807) is 0 Å². The zero-order valence-electron chi connectivity index (χ0n) is 30.7. The molecule has 11 aromatic rings. The first-order valence-electron chi connectivity index (χ1n) is 19.1. The zero-order chi connectivity index (χ0) is 37.7. The lowest BCUT2D eigenvalue weighted by Crippen LogP contribution is -2.00. The smallest absolute Gasteiger partial charge is 0.164 e. The fraction of sp³-hybridized carbons (Fsp3) is 0. The Hall–Kier alpha value is -7.34. The second-order valence-electron chi connectivity index (χ2n) is 14.2. The van der Waals surface area contributed by atoms with Crippen LogP contribution in [0.15, 0.2) is 194 Å². The van der Waals surface area contributed by atoms with Gasteiger partial charge >= 0.3 is 0 Å². The number of hydrogen-bond donors (Lipinski definition) is 0. The maximum absolute atomic E-state index is 5.49. The molecule has 0 unspecified atom stereocenters. The lowest BCUT2D eigenvalue weighted by Gasteiger charge is -2.15. The first kappa shape index (κ1) is 33.0. The molecule has 0 atom stereocenters. The van der Waals surface area contributed by atoms with E-state index in [0.29, 0.717) is 17.5 Å². The highest BCUT2D eigenvalue weighted by atomic mass is 32.1. The van der Waals surface area contributed by atoms with Gasteiger partial charge in [-0.15, -0.1) is 11.3 Å². The number of nitrogens with zero attached hydrogens (tertiary/aromatic N) is 4. The average Bonchev–Trinajstić information content (AvgIpc) is 3.68. The molecule has 5 heteroatoms. The fourth-order valence-corrected chi connectivity index (χ4v) is 9.11. The van der Waals surface area contributed by atoms with Gasteiger partial charge in [0.05, 0.1) is 11.2 Å². The number of benzene rings is 8. The molecule has 0 radical (unpaired) electrons. The summed E-state index contributed by atoms with van der Waals surface area (Å²) >= 11 is 1.85. The Balaban J connectivity index is 1.03. The molecule has 3 heterocycles. The number of para-hydroxylation sites is 1. The van der Waals surface area contributed by atoms with E-state index in [4.69, 9.17) is 19.9 Å². The Labute approximate surface area is 333 Å². The van der Waals surface area contributed by atoms with Crippen molar-refractivity contribution in [2.75, 3.05) is 0 Å². The third-order valence-electron chi connectivity index (χ3n) is 10.7. The van der Waals surface area contributed by atoms with Crippen LogP contribution < -0.4 is 0 Å². The van der Waals surface area contributed by atoms with Crippen LogP contribution in [0.4, 0.5) is 0 Å². The third kappa shape index (κ3) is 5.84. The summed E-state index contributed by atoms with van der Waals surface area (Å²) in [6.07, 6.45) is 0. The van der Waals surface area contributed by atoms with Crippen LogP contribution in [0.1, 0.15) is 0 Å². The summed E-state index contributed by atoms with van der Waals surface area (Å²) in [4.78, 5) is 20.3. The Morgan fingerprint density at radius 1 is 0.298 bits per heavy atom. The van der Waals surface area contributed by atoms with Crippen molar-refractivity contribution in [3.8, 4) is 67.7 Å². The van der Waals surface area contributed by atoms with Gasteiger partial charge in [-0.05, 0) is 34.9 Å². The van der Waals surface area contributed by atoms with Gasteiger partial charge in [0.1, 0.15) is 0 Å².